The Hall–Kier alpha value is -2.63. The molecule has 0 atom stereocenters. The molecule has 2 aromatic carbocycles. The number of ether oxygens (including phenoxy) is 4. The minimum atomic E-state index is -0.397. The third kappa shape index (κ3) is 8.67. The summed E-state index contributed by atoms with van der Waals surface area (Å²) in [5.41, 5.74) is 2.32. The summed E-state index contributed by atoms with van der Waals surface area (Å²) in [6.07, 6.45) is 8.70. The number of benzene rings is 2. The predicted octanol–water partition coefficient (Wildman–Crippen LogP) is 6.00. The van der Waals surface area contributed by atoms with Gasteiger partial charge in [0.15, 0.2) is 0 Å². The van der Waals surface area contributed by atoms with Gasteiger partial charge in [-0.1, -0.05) is 43.2 Å². The molecule has 1 aliphatic rings. The molecule has 0 unspecified atom stereocenters. The molecule has 3 rings (SSSR count). The lowest BCUT2D eigenvalue weighted by Crippen LogP contribution is -2.45. The quantitative estimate of drug-likeness (QED) is 0.152. The van der Waals surface area contributed by atoms with E-state index in [2.05, 4.69) is 6.92 Å². The van der Waals surface area contributed by atoms with Crippen LogP contribution in [0.15, 0.2) is 54.6 Å². The lowest BCUT2D eigenvalue weighted by molar-refractivity contribution is -0.150. The number of aryl methyl sites for hydroxylation is 1. The van der Waals surface area contributed by atoms with Crippen LogP contribution in [0.2, 0.25) is 0 Å². The average Bonchev–Trinajstić information content (AvgIpc) is 2.80. The molecule has 0 spiro atoms. The molecular weight excluding hydrogens is 416 g/mol. The molecule has 0 amide bonds. The highest BCUT2D eigenvalue weighted by molar-refractivity contribution is 5.88. The Morgan fingerprint density at radius 2 is 1.61 bits per heavy atom. The topological polar surface area (TPSA) is 54.0 Å². The van der Waals surface area contributed by atoms with Crippen LogP contribution >= 0.6 is 0 Å². The average molecular weight is 453 g/mol. The van der Waals surface area contributed by atoms with E-state index in [1.165, 1.54) is 6.08 Å². The van der Waals surface area contributed by atoms with Crippen LogP contribution in [0.5, 0.6) is 11.5 Å². The highest BCUT2D eigenvalue weighted by atomic mass is 16.5. The lowest BCUT2D eigenvalue weighted by atomic mass is 9.84. The van der Waals surface area contributed by atoms with Gasteiger partial charge in [-0.25, -0.2) is 4.79 Å². The molecule has 0 radical (unpaired) electrons. The van der Waals surface area contributed by atoms with Crippen LogP contribution < -0.4 is 9.47 Å². The zero-order valence-electron chi connectivity index (χ0n) is 19.9. The van der Waals surface area contributed by atoms with Gasteiger partial charge in [0.2, 0.25) is 0 Å². The van der Waals surface area contributed by atoms with E-state index in [9.17, 15) is 4.79 Å². The van der Waals surface area contributed by atoms with E-state index in [0.717, 1.165) is 75.4 Å². The fourth-order valence-electron chi connectivity index (χ4n) is 3.51. The first kappa shape index (κ1) is 25.0. The molecule has 1 heterocycles. The highest BCUT2D eigenvalue weighted by Gasteiger charge is 2.36. The van der Waals surface area contributed by atoms with Gasteiger partial charge < -0.3 is 18.9 Å². The van der Waals surface area contributed by atoms with Crippen molar-refractivity contribution in [2.75, 3.05) is 33.0 Å². The van der Waals surface area contributed by atoms with Crippen molar-refractivity contribution in [3.05, 3.63) is 65.7 Å². The van der Waals surface area contributed by atoms with E-state index in [1.807, 2.05) is 43.3 Å². The fourth-order valence-corrected chi connectivity index (χ4v) is 3.51. The summed E-state index contributed by atoms with van der Waals surface area (Å²) in [7, 11) is 0. The molecule has 0 saturated carbocycles. The van der Waals surface area contributed by atoms with Gasteiger partial charge in [-0.3, -0.25) is 0 Å². The first-order chi connectivity index (χ1) is 16.1. The zero-order valence-corrected chi connectivity index (χ0v) is 19.9. The molecule has 0 aliphatic carbocycles. The molecule has 2 aromatic rings. The third-order valence-corrected chi connectivity index (χ3v) is 5.96. The van der Waals surface area contributed by atoms with E-state index >= 15 is 0 Å². The van der Waals surface area contributed by atoms with Gasteiger partial charge in [0.1, 0.15) is 11.5 Å². The van der Waals surface area contributed by atoms with E-state index in [0.29, 0.717) is 12.4 Å². The fraction of sp³-hybridized carbons (Fsp3) is 0.464. The first-order valence-electron chi connectivity index (χ1n) is 11.9. The van der Waals surface area contributed by atoms with E-state index in [1.54, 1.807) is 18.2 Å². The standard InChI is InChI=1S/C28H36O5/c1-3-28(21-31-22-28)20-30-18-6-4-5-7-19-32-25-15-10-24(11-16-25)12-17-27(29)33-26-13-8-23(2)9-14-26/h8-17H,3-7,18-22H2,1-2H3. The van der Waals surface area contributed by atoms with Gasteiger partial charge in [0.25, 0.3) is 0 Å². The Bertz CT molecular complexity index is 861. The molecule has 33 heavy (non-hydrogen) atoms. The monoisotopic (exact) mass is 452 g/mol. The molecule has 0 aromatic heterocycles. The summed E-state index contributed by atoms with van der Waals surface area (Å²) >= 11 is 0. The lowest BCUT2D eigenvalue weighted by Gasteiger charge is -2.40. The second-order valence-electron chi connectivity index (χ2n) is 8.80. The van der Waals surface area contributed by atoms with Crippen molar-refractivity contribution in [2.24, 2.45) is 5.41 Å². The van der Waals surface area contributed by atoms with Crippen molar-refractivity contribution in [2.45, 2.75) is 46.0 Å². The van der Waals surface area contributed by atoms with Crippen LogP contribution in [0.25, 0.3) is 6.08 Å². The van der Waals surface area contributed by atoms with Crippen LogP contribution in [0.3, 0.4) is 0 Å². The second kappa shape index (κ2) is 13.2. The molecule has 178 valence electrons. The van der Waals surface area contributed by atoms with Crippen LogP contribution in [0, 0.1) is 12.3 Å². The maximum Gasteiger partial charge on any atom is 0.336 e. The molecule has 1 aliphatic heterocycles. The number of esters is 1. The number of unbranched alkanes of at least 4 members (excludes halogenated alkanes) is 3. The molecule has 5 nitrogen and oxygen atoms in total. The van der Waals surface area contributed by atoms with Crippen LogP contribution in [0.1, 0.15) is 50.2 Å². The van der Waals surface area contributed by atoms with Gasteiger partial charge in [-0.15, -0.1) is 0 Å². The van der Waals surface area contributed by atoms with Crippen LogP contribution in [0.4, 0.5) is 0 Å². The smallest absolute Gasteiger partial charge is 0.336 e. The number of hydrogen-bond acceptors (Lipinski definition) is 5. The SMILES string of the molecule is CCC1(COCCCCCCOc2ccc(C=CC(=O)Oc3ccc(C)cc3)cc2)COC1. The zero-order chi connectivity index (χ0) is 23.4. The summed E-state index contributed by atoms with van der Waals surface area (Å²) in [5.74, 6) is 0.983. The number of carbonyl (C=O) groups is 1. The summed E-state index contributed by atoms with van der Waals surface area (Å²) in [4.78, 5) is 12.0. The molecule has 5 heteroatoms. The van der Waals surface area contributed by atoms with Crippen molar-refractivity contribution in [1.29, 1.82) is 0 Å². The Balaban J connectivity index is 1.24. The van der Waals surface area contributed by atoms with Crippen molar-refractivity contribution in [1.82, 2.24) is 0 Å². The van der Waals surface area contributed by atoms with Gasteiger partial charge >= 0.3 is 5.97 Å². The largest absolute Gasteiger partial charge is 0.494 e. The summed E-state index contributed by atoms with van der Waals surface area (Å²) < 4.78 is 22.3. The van der Waals surface area contributed by atoms with Gasteiger partial charge in [0.05, 0.1) is 26.4 Å². The summed E-state index contributed by atoms with van der Waals surface area (Å²) in [5, 5.41) is 0. The van der Waals surface area contributed by atoms with Crippen molar-refractivity contribution < 1.29 is 23.7 Å². The van der Waals surface area contributed by atoms with Gasteiger partial charge in [-0.2, -0.15) is 0 Å². The van der Waals surface area contributed by atoms with Crippen LogP contribution in [-0.2, 0) is 14.3 Å². The predicted molar refractivity (Wildman–Crippen MR) is 131 cm³/mol. The number of carbonyl (C=O) groups excluding carboxylic acids is 1. The van der Waals surface area contributed by atoms with E-state index < -0.39 is 5.97 Å². The van der Waals surface area contributed by atoms with E-state index in [4.69, 9.17) is 18.9 Å². The first-order valence-corrected chi connectivity index (χ1v) is 11.9. The Kier molecular flexibility index (Phi) is 9.98. The Morgan fingerprint density at radius 3 is 2.24 bits per heavy atom. The normalized spacial score (nSPS) is 14.7. The van der Waals surface area contributed by atoms with Gasteiger partial charge in [-0.05, 0) is 68.5 Å². The van der Waals surface area contributed by atoms with Crippen molar-refractivity contribution in [3.8, 4) is 11.5 Å². The molecule has 1 fully saturated rings. The molecule has 0 N–H and O–H groups in total. The summed E-state index contributed by atoms with van der Waals surface area (Å²) in [6, 6.07) is 15.1. The molecule has 0 bridgehead atoms. The molecule has 1 saturated heterocycles. The third-order valence-electron chi connectivity index (χ3n) is 5.96. The van der Waals surface area contributed by atoms with E-state index in [-0.39, 0.29) is 5.41 Å². The van der Waals surface area contributed by atoms with Crippen molar-refractivity contribution >= 4 is 12.0 Å². The second-order valence-corrected chi connectivity index (χ2v) is 8.80. The minimum Gasteiger partial charge on any atom is -0.494 e. The number of rotatable bonds is 14. The van der Waals surface area contributed by atoms with Crippen LogP contribution in [-0.4, -0.2) is 39.0 Å². The minimum absolute atomic E-state index is 0.282. The Morgan fingerprint density at radius 1 is 0.939 bits per heavy atom. The number of hydrogen-bond donors (Lipinski definition) is 0. The Labute approximate surface area is 197 Å². The van der Waals surface area contributed by atoms with Crippen molar-refractivity contribution in [3.63, 3.8) is 0 Å². The maximum atomic E-state index is 12.0. The molecular formula is C28H36O5. The van der Waals surface area contributed by atoms with Gasteiger partial charge in [0, 0.05) is 18.1 Å². The summed E-state index contributed by atoms with van der Waals surface area (Å²) in [6.45, 7) is 8.25. The maximum absolute atomic E-state index is 12.0. The highest BCUT2D eigenvalue weighted by Crippen LogP contribution is 2.31.